The lowest BCUT2D eigenvalue weighted by atomic mass is 9.63. The zero-order valence-electron chi connectivity index (χ0n) is 23.7. The molecule has 1 atom stereocenters. The lowest BCUT2D eigenvalue weighted by Crippen LogP contribution is -2.48. The molecule has 0 saturated heterocycles. The summed E-state index contributed by atoms with van der Waals surface area (Å²) in [6.07, 6.45) is 7.25. The van der Waals surface area contributed by atoms with Crippen molar-refractivity contribution in [2.75, 3.05) is 36.0 Å². The molecule has 36 heavy (non-hydrogen) atoms. The summed E-state index contributed by atoms with van der Waals surface area (Å²) in [5.41, 5.74) is 15.1. The fraction of sp³-hybridized carbons (Fsp3) is 0.606. The standard InChI is InChI=1S/C33H45N3/c1-8-14-34-30-25-18-24-21(3)20-32(4,5)36(9-2)28(24)19-27(25)33(6,7)29-23-13-11-16-35-15-10-12-22(31(23)35)17-26(29)30/h17-19,21H,8-16,20H2,1-7H3. The molecule has 0 bridgehead atoms. The van der Waals surface area contributed by atoms with Crippen LogP contribution in [0.1, 0.15) is 119 Å². The van der Waals surface area contributed by atoms with Crippen LogP contribution in [0.15, 0.2) is 23.2 Å². The molecule has 3 heteroatoms. The zero-order chi connectivity index (χ0) is 25.4. The molecule has 2 aromatic rings. The molecule has 0 amide bonds. The summed E-state index contributed by atoms with van der Waals surface area (Å²) in [5.74, 6) is 0.554. The predicted molar refractivity (Wildman–Crippen MR) is 155 cm³/mol. The van der Waals surface area contributed by atoms with Gasteiger partial charge in [0.05, 0.1) is 5.71 Å². The van der Waals surface area contributed by atoms with Gasteiger partial charge in [-0.05, 0) is 111 Å². The SMILES string of the molecule is CCCN=C1c2cc3c(cc2C(C)(C)c2c1cc1c4c2CCCN4CCC1)N(CC)C(C)(C)CC3C. The highest BCUT2D eigenvalue weighted by atomic mass is 15.2. The van der Waals surface area contributed by atoms with Crippen molar-refractivity contribution in [2.24, 2.45) is 4.99 Å². The summed E-state index contributed by atoms with van der Waals surface area (Å²) < 4.78 is 0. The Balaban J connectivity index is 1.65. The third-order valence-electron chi connectivity index (χ3n) is 9.67. The second kappa shape index (κ2) is 8.36. The van der Waals surface area contributed by atoms with E-state index in [0.717, 1.165) is 19.5 Å². The van der Waals surface area contributed by atoms with Gasteiger partial charge in [0.15, 0.2) is 0 Å². The van der Waals surface area contributed by atoms with Crippen LogP contribution in [0.2, 0.25) is 0 Å². The summed E-state index contributed by atoms with van der Waals surface area (Å²) in [6, 6.07) is 7.71. The fourth-order valence-corrected chi connectivity index (χ4v) is 8.27. The minimum absolute atomic E-state index is 0.0417. The Morgan fingerprint density at radius 1 is 0.972 bits per heavy atom. The minimum atomic E-state index is -0.0417. The molecule has 0 N–H and O–H groups in total. The van der Waals surface area contributed by atoms with E-state index in [-0.39, 0.29) is 11.0 Å². The van der Waals surface area contributed by atoms with Crippen LogP contribution in [-0.2, 0) is 18.3 Å². The van der Waals surface area contributed by atoms with Crippen LogP contribution < -0.4 is 9.80 Å². The highest BCUT2D eigenvalue weighted by molar-refractivity contribution is 6.18. The second-order valence-corrected chi connectivity index (χ2v) is 13.0. The molecule has 0 aromatic heterocycles. The first kappa shape index (κ1) is 24.1. The van der Waals surface area contributed by atoms with Crippen molar-refractivity contribution in [3.63, 3.8) is 0 Å². The normalized spacial score (nSPS) is 24.2. The molecule has 6 rings (SSSR count). The fourth-order valence-electron chi connectivity index (χ4n) is 8.27. The molecule has 0 spiro atoms. The van der Waals surface area contributed by atoms with Crippen LogP contribution >= 0.6 is 0 Å². The van der Waals surface area contributed by atoms with Crippen LogP contribution in [0.25, 0.3) is 0 Å². The average Bonchev–Trinajstić information content (AvgIpc) is 2.83. The second-order valence-electron chi connectivity index (χ2n) is 13.0. The summed E-state index contributed by atoms with van der Waals surface area (Å²) in [4.78, 5) is 10.7. The molecular weight excluding hydrogens is 438 g/mol. The number of aliphatic imine (C=N–C) groups is 1. The first-order valence-corrected chi connectivity index (χ1v) is 14.6. The summed E-state index contributed by atoms with van der Waals surface area (Å²) in [7, 11) is 0. The number of anilines is 2. The monoisotopic (exact) mass is 483 g/mol. The van der Waals surface area contributed by atoms with Gasteiger partial charge in [0, 0.05) is 59.6 Å². The van der Waals surface area contributed by atoms with Crippen LogP contribution in [0.5, 0.6) is 0 Å². The summed E-state index contributed by atoms with van der Waals surface area (Å²) in [5, 5.41) is 0. The van der Waals surface area contributed by atoms with Gasteiger partial charge in [-0.1, -0.05) is 27.7 Å². The van der Waals surface area contributed by atoms with Crippen molar-refractivity contribution in [1.29, 1.82) is 0 Å². The Morgan fingerprint density at radius 3 is 2.44 bits per heavy atom. The predicted octanol–water partition coefficient (Wildman–Crippen LogP) is 7.38. The maximum absolute atomic E-state index is 5.34. The summed E-state index contributed by atoms with van der Waals surface area (Å²) in [6.45, 7) is 21.2. The number of benzene rings is 2. The van der Waals surface area contributed by atoms with E-state index in [2.05, 4.69) is 76.5 Å². The smallest absolute Gasteiger partial charge is 0.0725 e. The molecule has 2 aromatic carbocycles. The van der Waals surface area contributed by atoms with Crippen molar-refractivity contribution in [1.82, 2.24) is 0 Å². The van der Waals surface area contributed by atoms with E-state index in [4.69, 9.17) is 4.99 Å². The van der Waals surface area contributed by atoms with Gasteiger partial charge in [0.1, 0.15) is 0 Å². The number of hydrogen-bond acceptors (Lipinski definition) is 3. The highest BCUT2D eigenvalue weighted by Gasteiger charge is 2.43. The van der Waals surface area contributed by atoms with Crippen LogP contribution in [0, 0.1) is 0 Å². The first-order chi connectivity index (χ1) is 17.2. The quantitative estimate of drug-likeness (QED) is 0.453. The molecule has 0 fully saturated rings. The number of hydrogen-bond donors (Lipinski definition) is 0. The van der Waals surface area contributed by atoms with Gasteiger partial charge in [-0.3, -0.25) is 4.99 Å². The molecule has 0 radical (unpaired) electrons. The van der Waals surface area contributed by atoms with E-state index in [1.54, 1.807) is 22.4 Å². The van der Waals surface area contributed by atoms with E-state index in [1.807, 2.05) is 0 Å². The lowest BCUT2D eigenvalue weighted by Gasteiger charge is -2.49. The molecule has 1 unspecified atom stereocenters. The van der Waals surface area contributed by atoms with Gasteiger partial charge >= 0.3 is 0 Å². The van der Waals surface area contributed by atoms with Gasteiger partial charge in [-0.15, -0.1) is 0 Å². The summed E-state index contributed by atoms with van der Waals surface area (Å²) >= 11 is 0. The third-order valence-corrected chi connectivity index (χ3v) is 9.67. The number of rotatable bonds is 3. The molecule has 1 aliphatic carbocycles. The highest BCUT2D eigenvalue weighted by Crippen LogP contribution is 2.52. The molecule has 4 aliphatic rings. The van der Waals surface area contributed by atoms with Crippen molar-refractivity contribution in [3.8, 4) is 0 Å². The van der Waals surface area contributed by atoms with Gasteiger partial charge in [0.2, 0.25) is 0 Å². The Kier molecular flexibility index (Phi) is 5.59. The lowest BCUT2D eigenvalue weighted by molar-refractivity contribution is 0.381. The number of fused-ring (bicyclic) bond motifs is 4. The molecule has 3 aliphatic heterocycles. The Morgan fingerprint density at radius 2 is 1.72 bits per heavy atom. The molecular formula is C33H45N3. The molecule has 3 nitrogen and oxygen atoms in total. The minimum Gasteiger partial charge on any atom is -0.371 e. The maximum Gasteiger partial charge on any atom is 0.0725 e. The maximum atomic E-state index is 5.34. The van der Waals surface area contributed by atoms with Crippen LogP contribution in [0.3, 0.4) is 0 Å². The first-order valence-electron chi connectivity index (χ1n) is 14.6. The van der Waals surface area contributed by atoms with Crippen molar-refractivity contribution < 1.29 is 0 Å². The Labute approximate surface area is 219 Å². The van der Waals surface area contributed by atoms with Gasteiger partial charge in [-0.2, -0.15) is 0 Å². The van der Waals surface area contributed by atoms with Gasteiger partial charge < -0.3 is 9.80 Å². The third kappa shape index (κ3) is 3.33. The average molecular weight is 484 g/mol. The van der Waals surface area contributed by atoms with E-state index >= 15 is 0 Å². The molecule has 3 heterocycles. The van der Waals surface area contributed by atoms with E-state index in [9.17, 15) is 0 Å². The van der Waals surface area contributed by atoms with Crippen molar-refractivity contribution in [3.05, 3.63) is 57.1 Å². The van der Waals surface area contributed by atoms with Gasteiger partial charge in [0.25, 0.3) is 0 Å². The number of nitrogens with zero attached hydrogens (tertiary/aromatic N) is 3. The van der Waals surface area contributed by atoms with Crippen LogP contribution in [0.4, 0.5) is 11.4 Å². The topological polar surface area (TPSA) is 18.8 Å². The van der Waals surface area contributed by atoms with E-state index in [0.29, 0.717) is 5.92 Å². The zero-order valence-corrected chi connectivity index (χ0v) is 23.7. The molecule has 192 valence electrons. The Hall–Kier alpha value is -2.29. The van der Waals surface area contributed by atoms with Crippen molar-refractivity contribution in [2.45, 2.75) is 104 Å². The van der Waals surface area contributed by atoms with E-state index in [1.165, 1.54) is 78.8 Å². The van der Waals surface area contributed by atoms with Crippen molar-refractivity contribution >= 4 is 17.1 Å². The van der Waals surface area contributed by atoms with Crippen LogP contribution in [-0.4, -0.2) is 37.4 Å². The van der Waals surface area contributed by atoms with E-state index < -0.39 is 0 Å². The largest absolute Gasteiger partial charge is 0.371 e. The van der Waals surface area contributed by atoms with Gasteiger partial charge in [-0.25, -0.2) is 0 Å². The number of aryl methyl sites for hydroxylation is 1. The Bertz CT molecular complexity index is 1250. The molecule has 0 saturated carbocycles.